The van der Waals surface area contributed by atoms with Crippen molar-refractivity contribution in [3.8, 4) is 0 Å². The lowest BCUT2D eigenvalue weighted by Crippen LogP contribution is -2.39. The largest absolute Gasteiger partial charge is 0.443 e. The molecule has 0 radical (unpaired) electrons. The van der Waals surface area contributed by atoms with Crippen LogP contribution in [-0.2, 0) is 14.2 Å². The molecule has 2 rings (SSSR count). The van der Waals surface area contributed by atoms with Gasteiger partial charge in [-0.2, -0.15) is 0 Å². The van der Waals surface area contributed by atoms with Crippen LogP contribution in [0.25, 0.3) is 0 Å². The molecule has 1 aliphatic carbocycles. The Balaban J connectivity index is 1.97. The van der Waals surface area contributed by atoms with E-state index in [1.165, 1.54) is 19.3 Å². The van der Waals surface area contributed by atoms with Crippen LogP contribution in [-0.4, -0.2) is 32.1 Å². The Hall–Kier alpha value is -1.59. The first kappa shape index (κ1) is 18.7. The SMILES string of the molecule is COCOC(c1ccccc1C)C(C)OC(=O)NC1CCCCC1. The number of ether oxygens (including phenoxy) is 3. The van der Waals surface area contributed by atoms with E-state index in [-0.39, 0.29) is 25.0 Å². The molecular weight excluding hydrogens is 306 g/mol. The predicted molar refractivity (Wildman–Crippen MR) is 92.8 cm³/mol. The Kier molecular flexibility index (Phi) is 7.53. The summed E-state index contributed by atoms with van der Waals surface area (Å²) in [5.74, 6) is 0. The summed E-state index contributed by atoms with van der Waals surface area (Å²) in [5.41, 5.74) is 2.11. The van der Waals surface area contributed by atoms with Gasteiger partial charge < -0.3 is 19.5 Å². The average Bonchev–Trinajstić information content (AvgIpc) is 2.57. The van der Waals surface area contributed by atoms with E-state index in [1.54, 1.807) is 7.11 Å². The van der Waals surface area contributed by atoms with Gasteiger partial charge in [0.1, 0.15) is 19.0 Å². The molecule has 1 aromatic carbocycles. The van der Waals surface area contributed by atoms with Gasteiger partial charge in [-0.3, -0.25) is 0 Å². The lowest BCUT2D eigenvalue weighted by atomic mass is 9.96. The first-order chi connectivity index (χ1) is 11.6. The first-order valence-corrected chi connectivity index (χ1v) is 8.75. The number of benzene rings is 1. The van der Waals surface area contributed by atoms with E-state index in [2.05, 4.69) is 5.32 Å². The van der Waals surface area contributed by atoms with E-state index >= 15 is 0 Å². The molecule has 0 aliphatic heterocycles. The quantitative estimate of drug-likeness (QED) is 0.762. The molecule has 1 aromatic rings. The van der Waals surface area contributed by atoms with Gasteiger partial charge in [0.15, 0.2) is 0 Å². The molecule has 2 atom stereocenters. The number of aryl methyl sites for hydroxylation is 1. The fraction of sp³-hybridized carbons (Fsp3) is 0.632. The number of nitrogens with one attached hydrogen (secondary N) is 1. The summed E-state index contributed by atoms with van der Waals surface area (Å²) < 4.78 is 16.4. The van der Waals surface area contributed by atoms with E-state index in [1.807, 2.05) is 38.1 Å². The highest BCUT2D eigenvalue weighted by atomic mass is 16.7. The van der Waals surface area contributed by atoms with Crippen LogP contribution in [0.4, 0.5) is 4.79 Å². The van der Waals surface area contributed by atoms with Gasteiger partial charge in [-0.25, -0.2) is 4.79 Å². The van der Waals surface area contributed by atoms with Crippen molar-refractivity contribution in [2.75, 3.05) is 13.9 Å². The number of hydrogen-bond acceptors (Lipinski definition) is 4. The molecular formula is C19H29NO4. The Labute approximate surface area is 144 Å². The van der Waals surface area contributed by atoms with Crippen molar-refractivity contribution in [2.45, 2.75) is 64.2 Å². The van der Waals surface area contributed by atoms with Crippen LogP contribution in [0.2, 0.25) is 0 Å². The van der Waals surface area contributed by atoms with Gasteiger partial charge in [0.05, 0.1) is 0 Å². The highest BCUT2D eigenvalue weighted by Crippen LogP contribution is 2.26. The molecule has 5 nitrogen and oxygen atoms in total. The molecule has 0 saturated heterocycles. The molecule has 1 saturated carbocycles. The van der Waals surface area contributed by atoms with Crippen LogP contribution < -0.4 is 5.32 Å². The van der Waals surface area contributed by atoms with Gasteiger partial charge in [-0.05, 0) is 37.8 Å². The topological polar surface area (TPSA) is 56.8 Å². The van der Waals surface area contributed by atoms with Crippen molar-refractivity contribution in [1.29, 1.82) is 0 Å². The maximum Gasteiger partial charge on any atom is 0.407 e. The number of alkyl carbamates (subject to hydrolysis) is 1. The summed E-state index contributed by atoms with van der Waals surface area (Å²) in [7, 11) is 1.58. The third-order valence-electron chi connectivity index (χ3n) is 4.51. The zero-order chi connectivity index (χ0) is 17.4. The van der Waals surface area contributed by atoms with E-state index in [4.69, 9.17) is 14.2 Å². The minimum absolute atomic E-state index is 0.150. The molecule has 24 heavy (non-hydrogen) atoms. The molecule has 1 N–H and O–H groups in total. The summed E-state index contributed by atoms with van der Waals surface area (Å²) in [6, 6.07) is 8.19. The lowest BCUT2D eigenvalue weighted by molar-refractivity contribution is -0.112. The van der Waals surface area contributed by atoms with Crippen LogP contribution in [0.15, 0.2) is 24.3 Å². The van der Waals surface area contributed by atoms with Crippen molar-refractivity contribution >= 4 is 6.09 Å². The van der Waals surface area contributed by atoms with E-state index < -0.39 is 6.10 Å². The molecule has 134 valence electrons. The third-order valence-corrected chi connectivity index (χ3v) is 4.51. The number of methoxy groups -OCH3 is 1. The monoisotopic (exact) mass is 335 g/mol. The van der Waals surface area contributed by atoms with Gasteiger partial charge in [0.25, 0.3) is 0 Å². The van der Waals surface area contributed by atoms with Crippen LogP contribution in [0, 0.1) is 6.92 Å². The van der Waals surface area contributed by atoms with Gasteiger partial charge in [-0.15, -0.1) is 0 Å². The van der Waals surface area contributed by atoms with E-state index in [0.717, 1.165) is 24.0 Å². The van der Waals surface area contributed by atoms with E-state index in [9.17, 15) is 4.79 Å². The maximum absolute atomic E-state index is 12.2. The second kappa shape index (κ2) is 9.64. The Morgan fingerprint density at radius 3 is 2.62 bits per heavy atom. The highest BCUT2D eigenvalue weighted by molar-refractivity contribution is 5.67. The second-order valence-corrected chi connectivity index (χ2v) is 6.44. The standard InChI is InChI=1S/C19H29NO4/c1-14-9-7-8-12-17(14)18(23-13-22-3)15(2)24-19(21)20-16-10-5-4-6-11-16/h7-9,12,15-16,18H,4-6,10-11,13H2,1-3H3,(H,20,21). The average molecular weight is 335 g/mol. The Morgan fingerprint density at radius 2 is 1.96 bits per heavy atom. The summed E-state index contributed by atoms with van der Waals surface area (Å²) in [4.78, 5) is 12.2. The predicted octanol–water partition coefficient (Wildman–Crippen LogP) is 4.10. The van der Waals surface area contributed by atoms with Crippen molar-refractivity contribution in [1.82, 2.24) is 5.32 Å². The fourth-order valence-corrected chi connectivity index (χ4v) is 3.20. The molecule has 1 aliphatic rings. The molecule has 0 heterocycles. The van der Waals surface area contributed by atoms with Crippen LogP contribution in [0.5, 0.6) is 0 Å². The fourth-order valence-electron chi connectivity index (χ4n) is 3.20. The number of carbonyl (C=O) groups excluding carboxylic acids is 1. The minimum atomic E-state index is -0.412. The second-order valence-electron chi connectivity index (χ2n) is 6.44. The Bertz CT molecular complexity index is 514. The minimum Gasteiger partial charge on any atom is -0.443 e. The molecule has 5 heteroatoms. The zero-order valence-corrected chi connectivity index (χ0v) is 14.9. The van der Waals surface area contributed by atoms with Gasteiger partial charge in [-0.1, -0.05) is 43.5 Å². The summed E-state index contributed by atoms with van der Waals surface area (Å²) in [5, 5.41) is 2.98. The summed E-state index contributed by atoms with van der Waals surface area (Å²) in [6.07, 6.45) is 4.52. The Morgan fingerprint density at radius 1 is 1.25 bits per heavy atom. The smallest absolute Gasteiger partial charge is 0.407 e. The highest BCUT2D eigenvalue weighted by Gasteiger charge is 2.26. The molecule has 0 aromatic heterocycles. The number of amides is 1. The van der Waals surface area contributed by atoms with Gasteiger partial charge in [0, 0.05) is 13.2 Å². The molecule has 0 spiro atoms. The first-order valence-electron chi connectivity index (χ1n) is 8.75. The molecule has 1 amide bonds. The maximum atomic E-state index is 12.2. The summed E-state index contributed by atoms with van der Waals surface area (Å²) in [6.45, 7) is 4.03. The number of carbonyl (C=O) groups is 1. The molecule has 1 fully saturated rings. The molecule has 0 bridgehead atoms. The number of rotatable bonds is 7. The van der Waals surface area contributed by atoms with Crippen molar-refractivity contribution in [3.05, 3.63) is 35.4 Å². The number of hydrogen-bond donors (Lipinski definition) is 1. The van der Waals surface area contributed by atoms with Crippen LogP contribution in [0.3, 0.4) is 0 Å². The van der Waals surface area contributed by atoms with Gasteiger partial charge in [0.2, 0.25) is 0 Å². The van der Waals surface area contributed by atoms with Crippen LogP contribution in [0.1, 0.15) is 56.3 Å². The van der Waals surface area contributed by atoms with Crippen molar-refractivity contribution in [3.63, 3.8) is 0 Å². The van der Waals surface area contributed by atoms with Gasteiger partial charge >= 0.3 is 6.09 Å². The lowest BCUT2D eigenvalue weighted by Gasteiger charge is -2.27. The molecule has 2 unspecified atom stereocenters. The zero-order valence-electron chi connectivity index (χ0n) is 14.9. The van der Waals surface area contributed by atoms with Crippen molar-refractivity contribution < 1.29 is 19.0 Å². The normalized spacial score (nSPS) is 18.0. The van der Waals surface area contributed by atoms with Crippen LogP contribution >= 0.6 is 0 Å². The third kappa shape index (κ3) is 5.49. The summed E-state index contributed by atoms with van der Waals surface area (Å²) >= 11 is 0. The van der Waals surface area contributed by atoms with E-state index in [0.29, 0.717) is 0 Å². The van der Waals surface area contributed by atoms with Crippen molar-refractivity contribution in [2.24, 2.45) is 0 Å².